The lowest BCUT2D eigenvalue weighted by molar-refractivity contribution is -0.121. The first-order valence-corrected chi connectivity index (χ1v) is 10.6. The highest BCUT2D eigenvalue weighted by Crippen LogP contribution is 2.23. The Morgan fingerprint density at radius 1 is 1.16 bits per heavy atom. The lowest BCUT2D eigenvalue weighted by Gasteiger charge is -2.39. The molecular formula is C25H25FN4O2. The quantitative estimate of drug-likeness (QED) is 0.631. The maximum atomic E-state index is 14.6. The number of carbonyl (C=O) groups is 2. The number of carbonyl (C=O) groups excluding carboxylic acids is 2. The van der Waals surface area contributed by atoms with Gasteiger partial charge in [0.05, 0.1) is 23.5 Å². The lowest BCUT2D eigenvalue weighted by atomic mass is 10.0. The fourth-order valence-electron chi connectivity index (χ4n) is 4.05. The summed E-state index contributed by atoms with van der Waals surface area (Å²) >= 11 is 0. The van der Waals surface area contributed by atoms with Crippen molar-refractivity contribution in [2.75, 3.05) is 18.0 Å². The molecule has 2 heterocycles. The Bertz CT molecular complexity index is 1170. The molecule has 0 spiro atoms. The third-order valence-electron chi connectivity index (χ3n) is 5.93. The normalized spacial score (nSPS) is 16.4. The zero-order valence-corrected chi connectivity index (χ0v) is 18.4. The minimum absolute atomic E-state index is 0.0334. The van der Waals surface area contributed by atoms with E-state index in [1.54, 1.807) is 23.2 Å². The van der Waals surface area contributed by atoms with Gasteiger partial charge in [-0.25, -0.2) is 4.39 Å². The molecule has 0 bridgehead atoms. The zero-order chi connectivity index (χ0) is 22.8. The Morgan fingerprint density at radius 3 is 2.62 bits per heavy atom. The third kappa shape index (κ3) is 4.23. The van der Waals surface area contributed by atoms with Gasteiger partial charge >= 0.3 is 0 Å². The molecule has 1 fully saturated rings. The summed E-state index contributed by atoms with van der Waals surface area (Å²) in [6, 6.07) is 13.6. The van der Waals surface area contributed by atoms with Crippen LogP contribution in [0.2, 0.25) is 0 Å². The largest absolute Gasteiger partial charge is 0.327 e. The van der Waals surface area contributed by atoms with Crippen molar-refractivity contribution in [1.82, 2.24) is 15.1 Å². The molecule has 4 rings (SSSR count). The van der Waals surface area contributed by atoms with Gasteiger partial charge in [-0.2, -0.15) is 10.2 Å². The van der Waals surface area contributed by atoms with Crippen molar-refractivity contribution in [3.8, 4) is 0 Å². The van der Waals surface area contributed by atoms with Crippen molar-refractivity contribution in [2.24, 2.45) is 0 Å². The number of aromatic nitrogens is 2. The highest BCUT2D eigenvalue weighted by Gasteiger charge is 2.34. The van der Waals surface area contributed by atoms with E-state index in [0.717, 1.165) is 28.1 Å². The van der Waals surface area contributed by atoms with Crippen LogP contribution in [0.5, 0.6) is 0 Å². The summed E-state index contributed by atoms with van der Waals surface area (Å²) in [5, 5.41) is 8.19. The average Bonchev–Trinajstić information content (AvgIpc) is 2.78. The summed E-state index contributed by atoms with van der Waals surface area (Å²) in [7, 11) is 0. The van der Waals surface area contributed by atoms with Crippen molar-refractivity contribution in [1.29, 1.82) is 0 Å². The minimum atomic E-state index is -0.601. The van der Waals surface area contributed by atoms with E-state index in [4.69, 9.17) is 0 Å². The second-order valence-electron chi connectivity index (χ2n) is 8.22. The standard InChI is InChI=1S/C25H25FN4O2/c1-16-13-27-28-23(18(16)3)12-19-9-10-22(26)21(11-19)25(32)29-14-17(2)30(24(31)15-29)20-7-5-4-6-8-20/h4-11,13,17H,12,14-15H2,1-3H3/t17-/m0/s1. The molecule has 0 N–H and O–H groups in total. The summed E-state index contributed by atoms with van der Waals surface area (Å²) in [6.07, 6.45) is 2.14. The number of amides is 2. The molecule has 1 saturated heterocycles. The van der Waals surface area contributed by atoms with Gasteiger partial charge in [-0.15, -0.1) is 0 Å². The molecule has 2 aromatic carbocycles. The summed E-state index contributed by atoms with van der Waals surface area (Å²) in [5.41, 5.74) is 4.36. The molecule has 32 heavy (non-hydrogen) atoms. The second kappa shape index (κ2) is 8.86. The molecule has 0 radical (unpaired) electrons. The van der Waals surface area contributed by atoms with Crippen LogP contribution in [0.25, 0.3) is 0 Å². The Morgan fingerprint density at radius 2 is 1.91 bits per heavy atom. The van der Waals surface area contributed by atoms with E-state index in [2.05, 4.69) is 10.2 Å². The number of hydrogen-bond acceptors (Lipinski definition) is 4. The van der Waals surface area contributed by atoms with Crippen molar-refractivity contribution < 1.29 is 14.0 Å². The van der Waals surface area contributed by atoms with E-state index in [9.17, 15) is 14.0 Å². The van der Waals surface area contributed by atoms with Crippen LogP contribution in [0.3, 0.4) is 0 Å². The number of nitrogens with zero attached hydrogens (tertiary/aromatic N) is 4. The SMILES string of the molecule is Cc1cnnc(Cc2ccc(F)c(C(=O)N3CC(=O)N(c4ccccc4)[C@@H](C)C3)c2)c1C. The Hall–Kier alpha value is -3.61. The number of piperazine rings is 1. The number of anilines is 1. The third-order valence-corrected chi connectivity index (χ3v) is 5.93. The molecule has 0 unspecified atom stereocenters. The van der Waals surface area contributed by atoms with Gasteiger partial charge in [-0.05, 0) is 61.7 Å². The molecular weight excluding hydrogens is 407 g/mol. The van der Waals surface area contributed by atoms with Crippen LogP contribution in [0, 0.1) is 19.7 Å². The Kier molecular flexibility index (Phi) is 5.99. The molecule has 1 aliphatic heterocycles. The van der Waals surface area contributed by atoms with Crippen molar-refractivity contribution >= 4 is 17.5 Å². The number of rotatable bonds is 4. The number of halogens is 1. The van der Waals surface area contributed by atoms with E-state index >= 15 is 0 Å². The van der Waals surface area contributed by atoms with Crippen LogP contribution in [0.15, 0.2) is 54.7 Å². The molecule has 1 aliphatic rings. The summed E-state index contributed by atoms with van der Waals surface area (Å²) in [6.45, 7) is 6.04. The highest BCUT2D eigenvalue weighted by molar-refractivity contribution is 6.02. The second-order valence-corrected chi connectivity index (χ2v) is 8.22. The van der Waals surface area contributed by atoms with Gasteiger partial charge in [0, 0.05) is 18.7 Å². The summed E-state index contributed by atoms with van der Waals surface area (Å²) in [4.78, 5) is 29.1. The fraction of sp³-hybridized carbons (Fsp3) is 0.280. The number of aryl methyl sites for hydroxylation is 1. The van der Waals surface area contributed by atoms with E-state index < -0.39 is 11.7 Å². The van der Waals surface area contributed by atoms with Crippen molar-refractivity contribution in [3.05, 3.63) is 88.5 Å². The molecule has 0 aliphatic carbocycles. The van der Waals surface area contributed by atoms with Crippen LogP contribution in [-0.2, 0) is 11.2 Å². The number of benzene rings is 2. The van der Waals surface area contributed by atoms with Gasteiger partial charge in [0.2, 0.25) is 5.91 Å². The van der Waals surface area contributed by atoms with E-state index in [0.29, 0.717) is 13.0 Å². The highest BCUT2D eigenvalue weighted by atomic mass is 19.1. The maximum Gasteiger partial charge on any atom is 0.257 e. The molecule has 2 amide bonds. The number of hydrogen-bond donors (Lipinski definition) is 0. The van der Waals surface area contributed by atoms with E-state index in [1.165, 1.54) is 11.0 Å². The summed E-state index contributed by atoms with van der Waals surface area (Å²) in [5.74, 6) is -1.27. The topological polar surface area (TPSA) is 66.4 Å². The first-order valence-electron chi connectivity index (χ1n) is 10.6. The molecule has 3 aromatic rings. The molecule has 7 heteroatoms. The van der Waals surface area contributed by atoms with Gasteiger partial charge in [0.15, 0.2) is 0 Å². The predicted molar refractivity (Wildman–Crippen MR) is 120 cm³/mol. The van der Waals surface area contributed by atoms with Crippen molar-refractivity contribution in [3.63, 3.8) is 0 Å². The van der Waals surface area contributed by atoms with Crippen LogP contribution in [0.4, 0.5) is 10.1 Å². The fourth-order valence-corrected chi connectivity index (χ4v) is 4.05. The maximum absolute atomic E-state index is 14.6. The van der Waals surface area contributed by atoms with Gasteiger partial charge in [0.25, 0.3) is 5.91 Å². The first kappa shape index (κ1) is 21.6. The van der Waals surface area contributed by atoms with E-state index in [-0.39, 0.29) is 24.1 Å². The number of para-hydroxylation sites is 1. The predicted octanol–water partition coefficient (Wildman–Crippen LogP) is 3.70. The Labute approximate surface area is 186 Å². The van der Waals surface area contributed by atoms with Crippen LogP contribution in [0.1, 0.15) is 39.7 Å². The zero-order valence-electron chi connectivity index (χ0n) is 18.4. The van der Waals surface area contributed by atoms with Gasteiger partial charge in [-0.3, -0.25) is 9.59 Å². The van der Waals surface area contributed by atoms with Crippen LogP contribution in [-0.4, -0.2) is 46.0 Å². The summed E-state index contributed by atoms with van der Waals surface area (Å²) < 4.78 is 14.6. The molecule has 0 saturated carbocycles. The van der Waals surface area contributed by atoms with Crippen molar-refractivity contribution in [2.45, 2.75) is 33.2 Å². The average molecular weight is 432 g/mol. The van der Waals surface area contributed by atoms with Gasteiger partial charge in [-0.1, -0.05) is 24.3 Å². The van der Waals surface area contributed by atoms with Crippen LogP contribution < -0.4 is 4.90 Å². The van der Waals surface area contributed by atoms with Gasteiger partial charge < -0.3 is 9.80 Å². The Balaban J connectivity index is 1.55. The smallest absolute Gasteiger partial charge is 0.257 e. The van der Waals surface area contributed by atoms with E-state index in [1.807, 2.05) is 51.1 Å². The minimum Gasteiger partial charge on any atom is -0.327 e. The molecule has 1 atom stereocenters. The monoisotopic (exact) mass is 432 g/mol. The molecule has 6 nitrogen and oxygen atoms in total. The van der Waals surface area contributed by atoms with Crippen LogP contribution >= 0.6 is 0 Å². The first-order chi connectivity index (χ1) is 15.3. The van der Waals surface area contributed by atoms with Gasteiger partial charge in [0.1, 0.15) is 12.4 Å². The molecule has 1 aromatic heterocycles. The molecule has 164 valence electrons. The lowest BCUT2D eigenvalue weighted by Crippen LogP contribution is -2.57.